The molecule has 1 N–H and O–H groups in total. The van der Waals surface area contributed by atoms with Gasteiger partial charge in [0.15, 0.2) is 5.17 Å². The van der Waals surface area contributed by atoms with Crippen molar-refractivity contribution in [2.24, 2.45) is 4.99 Å². The van der Waals surface area contributed by atoms with Crippen molar-refractivity contribution in [2.75, 3.05) is 0 Å². The van der Waals surface area contributed by atoms with Crippen molar-refractivity contribution in [3.8, 4) is 5.75 Å². The van der Waals surface area contributed by atoms with E-state index in [-0.39, 0.29) is 5.91 Å². The number of amidine groups is 1. The Bertz CT molecular complexity index is 1210. The van der Waals surface area contributed by atoms with E-state index in [1.165, 1.54) is 17.3 Å². The van der Waals surface area contributed by atoms with Crippen molar-refractivity contribution in [1.82, 2.24) is 5.32 Å². The number of halogens is 2. The van der Waals surface area contributed by atoms with Crippen LogP contribution < -0.4 is 10.1 Å². The molecule has 1 fully saturated rings. The first-order chi connectivity index (χ1) is 15.5. The minimum absolute atomic E-state index is 0.184. The fraction of sp³-hybridized carbons (Fsp3) is 0.120. The molecule has 0 radical (unpaired) electrons. The predicted octanol–water partition coefficient (Wildman–Crippen LogP) is 7.14. The van der Waals surface area contributed by atoms with Gasteiger partial charge in [0.25, 0.3) is 5.91 Å². The number of carbonyl (C=O) groups excluding carboxylic acids is 1. The Morgan fingerprint density at radius 1 is 1.12 bits per heavy atom. The minimum Gasteiger partial charge on any atom is -0.488 e. The zero-order valence-electron chi connectivity index (χ0n) is 17.3. The van der Waals surface area contributed by atoms with Gasteiger partial charge >= 0.3 is 0 Å². The summed E-state index contributed by atoms with van der Waals surface area (Å²) in [7, 11) is 0. The van der Waals surface area contributed by atoms with Crippen LogP contribution in [0.25, 0.3) is 6.08 Å². The molecule has 1 saturated heterocycles. The van der Waals surface area contributed by atoms with E-state index >= 15 is 0 Å². The van der Waals surface area contributed by atoms with Crippen molar-refractivity contribution in [2.45, 2.75) is 20.0 Å². The van der Waals surface area contributed by atoms with Gasteiger partial charge in [-0.2, -0.15) is 0 Å². The molecule has 0 saturated carbocycles. The molecule has 7 heteroatoms. The van der Waals surface area contributed by atoms with Crippen LogP contribution in [0, 0.1) is 0 Å². The van der Waals surface area contributed by atoms with Crippen LogP contribution in [-0.4, -0.2) is 11.1 Å². The van der Waals surface area contributed by atoms with Crippen molar-refractivity contribution in [3.05, 3.63) is 97.8 Å². The van der Waals surface area contributed by atoms with E-state index < -0.39 is 0 Å². The molecule has 0 spiro atoms. The lowest BCUT2D eigenvalue weighted by Gasteiger charge is -2.11. The highest BCUT2D eigenvalue weighted by molar-refractivity contribution is 9.10. The number of hydrogen-bond acceptors (Lipinski definition) is 4. The second-order valence-electron chi connectivity index (χ2n) is 7.06. The minimum atomic E-state index is -0.184. The summed E-state index contributed by atoms with van der Waals surface area (Å²) in [6.07, 6.45) is 2.79. The lowest BCUT2D eigenvalue weighted by atomic mass is 10.1. The first-order valence-electron chi connectivity index (χ1n) is 10.1. The molecule has 0 atom stereocenters. The van der Waals surface area contributed by atoms with Gasteiger partial charge in [-0.3, -0.25) is 4.79 Å². The molecule has 1 heterocycles. The summed E-state index contributed by atoms with van der Waals surface area (Å²) in [6, 6.07) is 21.2. The standard InChI is InChI=1S/C25H20BrClN2O2S/c1-2-16-7-10-20(11-8-16)28-25-29-24(30)23(32-25)14-18-13-19(26)9-12-22(18)31-15-17-5-3-4-6-21(17)27/h3-14H,2,15H2,1H3,(H,28,29,30)/b23-14-. The molecule has 3 aromatic rings. The summed E-state index contributed by atoms with van der Waals surface area (Å²) >= 11 is 11.1. The molecule has 3 aromatic carbocycles. The second-order valence-corrected chi connectivity index (χ2v) is 9.42. The second kappa shape index (κ2) is 10.4. The Labute approximate surface area is 204 Å². The largest absolute Gasteiger partial charge is 0.488 e. The summed E-state index contributed by atoms with van der Waals surface area (Å²) in [4.78, 5) is 17.7. The first kappa shape index (κ1) is 22.6. The fourth-order valence-electron chi connectivity index (χ4n) is 3.08. The topological polar surface area (TPSA) is 50.7 Å². The summed E-state index contributed by atoms with van der Waals surface area (Å²) in [5.74, 6) is 0.477. The van der Waals surface area contributed by atoms with E-state index in [1.54, 1.807) is 0 Å². The molecule has 0 aliphatic carbocycles. The highest BCUT2D eigenvalue weighted by Crippen LogP contribution is 2.32. The van der Waals surface area contributed by atoms with Gasteiger partial charge in [0, 0.05) is 20.6 Å². The number of ether oxygens (including phenoxy) is 1. The maximum atomic E-state index is 12.5. The Balaban J connectivity index is 1.55. The van der Waals surface area contributed by atoms with Crippen molar-refractivity contribution < 1.29 is 9.53 Å². The zero-order chi connectivity index (χ0) is 22.5. The van der Waals surface area contributed by atoms with Crippen LogP contribution in [0.15, 0.2) is 81.1 Å². The van der Waals surface area contributed by atoms with Crippen molar-refractivity contribution >= 4 is 62.1 Å². The molecule has 32 heavy (non-hydrogen) atoms. The third-order valence-electron chi connectivity index (χ3n) is 4.83. The number of aliphatic imine (C=N–C) groups is 1. The molecule has 1 amide bonds. The molecular weight excluding hydrogens is 508 g/mol. The highest BCUT2D eigenvalue weighted by Gasteiger charge is 2.24. The number of amides is 1. The van der Waals surface area contributed by atoms with E-state index in [0.29, 0.717) is 27.5 Å². The third-order valence-corrected chi connectivity index (χ3v) is 6.60. The SMILES string of the molecule is CCc1ccc(N=C2NC(=O)/C(=C/c3cc(Br)ccc3OCc3ccccc3Cl)S2)cc1. The first-order valence-corrected chi connectivity index (χ1v) is 12.0. The van der Waals surface area contributed by atoms with Gasteiger partial charge in [0.05, 0.1) is 10.6 Å². The lowest BCUT2D eigenvalue weighted by Crippen LogP contribution is -2.19. The fourth-order valence-corrected chi connectivity index (χ4v) is 4.48. The smallest absolute Gasteiger partial charge is 0.264 e. The summed E-state index contributed by atoms with van der Waals surface area (Å²) in [5, 5.41) is 4.05. The van der Waals surface area contributed by atoms with Crippen LogP contribution in [-0.2, 0) is 17.8 Å². The van der Waals surface area contributed by atoms with E-state index in [0.717, 1.165) is 27.7 Å². The predicted molar refractivity (Wildman–Crippen MR) is 137 cm³/mol. The van der Waals surface area contributed by atoms with Gasteiger partial charge in [0.1, 0.15) is 12.4 Å². The molecule has 0 unspecified atom stereocenters. The quantitative estimate of drug-likeness (QED) is 0.347. The van der Waals surface area contributed by atoms with Crippen LogP contribution in [0.4, 0.5) is 5.69 Å². The van der Waals surface area contributed by atoms with E-state index in [9.17, 15) is 4.79 Å². The van der Waals surface area contributed by atoms with Gasteiger partial charge in [-0.1, -0.05) is 64.8 Å². The number of hydrogen-bond donors (Lipinski definition) is 1. The summed E-state index contributed by atoms with van der Waals surface area (Å²) in [5.41, 5.74) is 3.74. The zero-order valence-corrected chi connectivity index (χ0v) is 20.4. The van der Waals surface area contributed by atoms with E-state index in [1.807, 2.05) is 72.8 Å². The third kappa shape index (κ3) is 5.63. The van der Waals surface area contributed by atoms with Crippen LogP contribution in [0.1, 0.15) is 23.6 Å². The Kier molecular flexibility index (Phi) is 7.35. The molecule has 162 valence electrons. The summed E-state index contributed by atoms with van der Waals surface area (Å²) < 4.78 is 6.92. The van der Waals surface area contributed by atoms with Gasteiger partial charge < -0.3 is 10.1 Å². The number of benzene rings is 3. The van der Waals surface area contributed by atoms with Crippen LogP contribution in [0.3, 0.4) is 0 Å². The average molecular weight is 528 g/mol. The average Bonchev–Trinajstić information content (AvgIpc) is 3.13. The normalized spacial score (nSPS) is 15.9. The van der Waals surface area contributed by atoms with Gasteiger partial charge in [-0.05, 0) is 66.2 Å². The molecule has 1 aliphatic heterocycles. The number of aryl methyl sites for hydroxylation is 1. The molecular formula is C25H20BrClN2O2S. The maximum absolute atomic E-state index is 12.5. The molecule has 4 rings (SSSR count). The number of rotatable bonds is 6. The van der Waals surface area contributed by atoms with Crippen molar-refractivity contribution in [1.29, 1.82) is 0 Å². The molecule has 1 aliphatic rings. The molecule has 4 nitrogen and oxygen atoms in total. The maximum Gasteiger partial charge on any atom is 0.264 e. The van der Waals surface area contributed by atoms with E-state index in [4.69, 9.17) is 16.3 Å². The monoisotopic (exact) mass is 526 g/mol. The molecule has 0 bridgehead atoms. The number of carbonyl (C=O) groups is 1. The Hall–Kier alpha value is -2.54. The van der Waals surface area contributed by atoms with Gasteiger partial charge in [-0.15, -0.1) is 0 Å². The number of nitrogens with zero attached hydrogens (tertiary/aromatic N) is 1. The highest BCUT2D eigenvalue weighted by atomic mass is 79.9. The lowest BCUT2D eigenvalue weighted by molar-refractivity contribution is -0.115. The number of thioether (sulfide) groups is 1. The van der Waals surface area contributed by atoms with Crippen LogP contribution in [0.2, 0.25) is 5.02 Å². The van der Waals surface area contributed by atoms with Crippen LogP contribution in [0.5, 0.6) is 5.75 Å². The number of nitrogens with one attached hydrogen (secondary N) is 1. The van der Waals surface area contributed by atoms with Gasteiger partial charge in [0.2, 0.25) is 0 Å². The van der Waals surface area contributed by atoms with Gasteiger partial charge in [-0.25, -0.2) is 4.99 Å². The molecule has 0 aromatic heterocycles. The van der Waals surface area contributed by atoms with Crippen molar-refractivity contribution in [3.63, 3.8) is 0 Å². The Morgan fingerprint density at radius 3 is 2.66 bits per heavy atom. The van der Waals surface area contributed by atoms with E-state index in [2.05, 4.69) is 33.2 Å². The van der Waals surface area contributed by atoms with Crippen LogP contribution >= 0.6 is 39.3 Å². The summed E-state index contributed by atoms with van der Waals surface area (Å²) in [6.45, 7) is 2.44. The Morgan fingerprint density at radius 2 is 1.91 bits per heavy atom.